The van der Waals surface area contributed by atoms with E-state index in [-0.39, 0.29) is 35.3 Å². The third-order valence-electron chi connectivity index (χ3n) is 7.11. The molecule has 37 heavy (non-hydrogen) atoms. The van der Waals surface area contributed by atoms with Gasteiger partial charge in [0.1, 0.15) is 0 Å². The molecule has 0 saturated heterocycles. The average molecular weight is 501 g/mol. The molecular weight excluding hydrogens is 468 g/mol. The molecule has 192 valence electrons. The largest absolute Gasteiger partial charge is 0.331 e. The molecule has 1 aromatic heterocycles. The fourth-order valence-corrected chi connectivity index (χ4v) is 5.00. The van der Waals surface area contributed by atoms with E-state index in [9.17, 15) is 9.59 Å². The van der Waals surface area contributed by atoms with Crippen molar-refractivity contribution in [2.75, 3.05) is 10.6 Å². The highest BCUT2D eigenvalue weighted by molar-refractivity contribution is 6.03. The van der Waals surface area contributed by atoms with Crippen molar-refractivity contribution in [3.05, 3.63) is 65.2 Å². The van der Waals surface area contributed by atoms with Gasteiger partial charge >= 0.3 is 6.03 Å². The van der Waals surface area contributed by atoms with Crippen molar-refractivity contribution in [2.24, 2.45) is 17.3 Å². The van der Waals surface area contributed by atoms with Gasteiger partial charge in [0.2, 0.25) is 0 Å². The number of carbonyl (C=O) groups excluding carboxylic acids is 2. The van der Waals surface area contributed by atoms with Gasteiger partial charge in [-0.25, -0.2) is 4.79 Å². The number of benzene rings is 2. The number of urea groups is 1. The van der Waals surface area contributed by atoms with Crippen molar-refractivity contribution in [3.8, 4) is 6.07 Å². The van der Waals surface area contributed by atoms with Crippen LogP contribution in [0.2, 0.25) is 0 Å². The molecule has 3 aromatic rings. The second-order valence-corrected chi connectivity index (χ2v) is 10.6. The molecule has 1 atom stereocenters. The summed E-state index contributed by atoms with van der Waals surface area (Å²) in [6.07, 6.45) is 4.19. The van der Waals surface area contributed by atoms with Crippen molar-refractivity contribution in [2.45, 2.75) is 52.5 Å². The predicted octanol–water partition coefficient (Wildman–Crippen LogP) is 5.04. The van der Waals surface area contributed by atoms with E-state index >= 15 is 0 Å². The van der Waals surface area contributed by atoms with Gasteiger partial charge in [-0.3, -0.25) is 10.1 Å². The van der Waals surface area contributed by atoms with Gasteiger partial charge in [-0.15, -0.1) is 5.10 Å². The third-order valence-corrected chi connectivity index (χ3v) is 7.11. The topological polar surface area (TPSA) is 148 Å². The van der Waals surface area contributed by atoms with Crippen molar-refractivity contribution >= 4 is 23.6 Å². The lowest BCUT2D eigenvalue weighted by Crippen LogP contribution is -2.38. The molecule has 1 unspecified atom stereocenters. The average Bonchev–Trinajstić information content (AvgIpc) is 3.40. The molecule has 3 amide bonds. The molecule has 10 heteroatoms. The summed E-state index contributed by atoms with van der Waals surface area (Å²) in [6, 6.07) is 15.6. The number of rotatable bonds is 6. The quantitative estimate of drug-likeness (QED) is 0.373. The van der Waals surface area contributed by atoms with Crippen LogP contribution >= 0.6 is 0 Å². The molecule has 4 rings (SSSR count). The number of nitriles is 1. The molecule has 2 aromatic carbocycles. The van der Waals surface area contributed by atoms with Crippen molar-refractivity contribution < 1.29 is 9.59 Å². The van der Waals surface area contributed by atoms with Crippen LogP contribution < -0.4 is 16.0 Å². The van der Waals surface area contributed by atoms with E-state index in [2.05, 4.69) is 63.4 Å². The minimum Gasteiger partial charge on any atom is -0.331 e. The molecule has 10 nitrogen and oxygen atoms in total. The summed E-state index contributed by atoms with van der Waals surface area (Å²) in [5.41, 5.74) is 2.66. The molecule has 1 aliphatic rings. The van der Waals surface area contributed by atoms with Gasteiger partial charge in [0, 0.05) is 11.3 Å². The number of amides is 3. The summed E-state index contributed by atoms with van der Waals surface area (Å²) in [5, 5.41) is 31.0. The first-order chi connectivity index (χ1) is 17.7. The maximum Gasteiger partial charge on any atom is 0.319 e. The van der Waals surface area contributed by atoms with E-state index in [1.165, 1.54) is 0 Å². The molecule has 1 saturated carbocycles. The molecule has 0 aliphatic heterocycles. The highest BCUT2D eigenvalue weighted by Gasteiger charge is 2.34. The van der Waals surface area contributed by atoms with Crippen molar-refractivity contribution in [1.82, 2.24) is 25.9 Å². The smallest absolute Gasteiger partial charge is 0.319 e. The van der Waals surface area contributed by atoms with Crippen LogP contribution in [0.4, 0.5) is 16.4 Å². The lowest BCUT2D eigenvalue weighted by Gasteiger charge is -2.39. The van der Waals surface area contributed by atoms with Crippen LogP contribution in [-0.2, 0) is 0 Å². The lowest BCUT2D eigenvalue weighted by molar-refractivity contribution is 0.102. The van der Waals surface area contributed by atoms with E-state index in [1.807, 2.05) is 12.1 Å². The van der Waals surface area contributed by atoms with Crippen LogP contribution in [0.15, 0.2) is 48.5 Å². The number of aromatic amines is 1. The van der Waals surface area contributed by atoms with Gasteiger partial charge in [0.15, 0.2) is 0 Å². The minimum atomic E-state index is -0.349. The summed E-state index contributed by atoms with van der Waals surface area (Å²) in [7, 11) is 0. The number of anilines is 2. The highest BCUT2D eigenvalue weighted by Crippen LogP contribution is 2.43. The summed E-state index contributed by atoms with van der Waals surface area (Å²) >= 11 is 0. The standard InChI is InChI=1S/C27H32N8O2/c1-27(2,3)21-13-11-19(12-14-21)23(30-26(37)29-22-6-4-5-17(15-22)16-28)18-7-9-20(10-8-18)24(36)31-25-32-34-35-33-25/h4-10,15,19,21,23H,11-14H2,1-3H3,(H2,29,30,37)(H2,31,32,33,34,35,36). The predicted molar refractivity (Wildman–Crippen MR) is 140 cm³/mol. The van der Waals surface area contributed by atoms with E-state index in [1.54, 1.807) is 36.4 Å². The Morgan fingerprint density at radius 1 is 1.05 bits per heavy atom. The maximum atomic E-state index is 13.0. The van der Waals surface area contributed by atoms with Crippen LogP contribution in [0.25, 0.3) is 0 Å². The SMILES string of the molecule is CC(C)(C)C1CCC(C(NC(=O)Nc2cccc(C#N)c2)c2ccc(C(=O)Nc3nn[nH]n3)cc2)CC1. The molecule has 1 heterocycles. The van der Waals surface area contributed by atoms with Crippen LogP contribution in [0.5, 0.6) is 0 Å². The number of hydrogen-bond acceptors (Lipinski definition) is 6. The summed E-state index contributed by atoms with van der Waals surface area (Å²) in [4.78, 5) is 25.5. The first kappa shape index (κ1) is 25.8. The number of hydrogen-bond donors (Lipinski definition) is 4. The summed E-state index contributed by atoms with van der Waals surface area (Å²) in [6.45, 7) is 6.86. The van der Waals surface area contributed by atoms with Gasteiger partial charge in [-0.05, 0) is 84.0 Å². The first-order valence-corrected chi connectivity index (χ1v) is 12.5. The number of H-pyrrole nitrogens is 1. The molecule has 1 aliphatic carbocycles. The Bertz CT molecular complexity index is 1250. The van der Waals surface area contributed by atoms with E-state index in [0.717, 1.165) is 31.2 Å². The van der Waals surface area contributed by atoms with E-state index in [4.69, 9.17) is 5.26 Å². The molecule has 4 N–H and O–H groups in total. The molecule has 0 radical (unpaired) electrons. The Hall–Kier alpha value is -4.26. The Labute approximate surface area is 216 Å². The number of nitrogens with zero attached hydrogens (tertiary/aromatic N) is 4. The normalized spacial score (nSPS) is 18.3. The molecule has 1 fully saturated rings. The Kier molecular flexibility index (Phi) is 7.82. The molecular formula is C27H32N8O2. The number of aromatic nitrogens is 4. The van der Waals surface area contributed by atoms with Gasteiger partial charge in [-0.1, -0.05) is 44.1 Å². The molecule has 0 bridgehead atoms. The van der Waals surface area contributed by atoms with Crippen LogP contribution in [0.3, 0.4) is 0 Å². The van der Waals surface area contributed by atoms with Gasteiger partial charge < -0.3 is 10.6 Å². The fourth-order valence-electron chi connectivity index (χ4n) is 5.00. The maximum absolute atomic E-state index is 13.0. The second kappa shape index (κ2) is 11.2. The molecule has 0 spiro atoms. The second-order valence-electron chi connectivity index (χ2n) is 10.6. The summed E-state index contributed by atoms with van der Waals surface area (Å²) in [5.74, 6) is 0.650. The summed E-state index contributed by atoms with van der Waals surface area (Å²) < 4.78 is 0. The number of tetrazole rings is 1. The zero-order valence-corrected chi connectivity index (χ0v) is 21.3. The Morgan fingerprint density at radius 3 is 2.41 bits per heavy atom. The van der Waals surface area contributed by atoms with Crippen molar-refractivity contribution in [1.29, 1.82) is 5.26 Å². The third kappa shape index (κ3) is 6.70. The minimum absolute atomic E-state index is 0.0985. The van der Waals surface area contributed by atoms with Gasteiger partial charge in [0.25, 0.3) is 11.9 Å². The lowest BCUT2D eigenvalue weighted by atomic mass is 9.68. The van der Waals surface area contributed by atoms with Crippen LogP contribution in [0.1, 0.15) is 74.0 Å². The Morgan fingerprint density at radius 2 is 1.78 bits per heavy atom. The zero-order chi connectivity index (χ0) is 26.4. The fraction of sp³-hybridized carbons (Fsp3) is 0.407. The van der Waals surface area contributed by atoms with Crippen LogP contribution in [0, 0.1) is 28.6 Å². The first-order valence-electron chi connectivity index (χ1n) is 12.5. The van der Waals surface area contributed by atoms with E-state index in [0.29, 0.717) is 22.7 Å². The van der Waals surface area contributed by atoms with Gasteiger partial charge in [0.05, 0.1) is 17.7 Å². The monoisotopic (exact) mass is 500 g/mol. The highest BCUT2D eigenvalue weighted by atomic mass is 16.2. The zero-order valence-electron chi connectivity index (χ0n) is 21.3. The van der Waals surface area contributed by atoms with Crippen LogP contribution in [-0.4, -0.2) is 32.6 Å². The van der Waals surface area contributed by atoms with Crippen molar-refractivity contribution in [3.63, 3.8) is 0 Å². The van der Waals surface area contributed by atoms with Gasteiger partial charge in [-0.2, -0.15) is 10.5 Å². The number of carbonyl (C=O) groups is 2. The van der Waals surface area contributed by atoms with E-state index < -0.39 is 0 Å². The Balaban J connectivity index is 1.50. The number of nitrogens with one attached hydrogen (secondary N) is 4.